The molecule has 0 radical (unpaired) electrons. The maximum absolute atomic E-state index is 5.76. The largest absolute Gasteiger partial charge is 0.330 e. The van der Waals surface area contributed by atoms with E-state index in [-0.39, 0.29) is 0 Å². The molecule has 1 fully saturated rings. The lowest BCUT2D eigenvalue weighted by atomic mass is 9.63. The van der Waals surface area contributed by atoms with E-state index in [0.717, 1.165) is 13.0 Å². The van der Waals surface area contributed by atoms with Gasteiger partial charge in [0.25, 0.3) is 0 Å². The van der Waals surface area contributed by atoms with E-state index in [4.69, 9.17) is 17.3 Å². The van der Waals surface area contributed by atoms with Crippen molar-refractivity contribution in [1.29, 1.82) is 0 Å². The highest BCUT2D eigenvalue weighted by Crippen LogP contribution is 2.45. The van der Waals surface area contributed by atoms with Gasteiger partial charge in [-0.3, -0.25) is 0 Å². The molecule has 1 heterocycles. The van der Waals surface area contributed by atoms with Gasteiger partial charge in [-0.15, -0.1) is 0 Å². The van der Waals surface area contributed by atoms with E-state index >= 15 is 0 Å². The molecule has 2 nitrogen and oxygen atoms in total. The van der Waals surface area contributed by atoms with E-state index in [2.05, 4.69) is 11.1 Å². The molecule has 1 aliphatic rings. The Hall–Kier alpha value is -0.600. The Morgan fingerprint density at radius 1 is 1.43 bits per heavy atom. The minimum atomic E-state index is 0.312. The molecule has 1 saturated carbocycles. The summed E-state index contributed by atoms with van der Waals surface area (Å²) in [6, 6.07) is 3.96. The normalized spacial score (nSPS) is 19.0. The van der Waals surface area contributed by atoms with Gasteiger partial charge in [-0.1, -0.05) is 24.1 Å². The van der Waals surface area contributed by atoms with Gasteiger partial charge in [0.1, 0.15) is 5.15 Å². The Kier molecular flexibility index (Phi) is 2.75. The van der Waals surface area contributed by atoms with Crippen LogP contribution in [0.15, 0.2) is 18.3 Å². The number of hydrogen-bond acceptors (Lipinski definition) is 2. The second kappa shape index (κ2) is 3.87. The summed E-state index contributed by atoms with van der Waals surface area (Å²) in [4.78, 5) is 4.13. The summed E-state index contributed by atoms with van der Waals surface area (Å²) in [7, 11) is 0. The molecule has 0 saturated heterocycles. The highest BCUT2D eigenvalue weighted by molar-refractivity contribution is 6.29. The number of pyridine rings is 1. The minimum absolute atomic E-state index is 0.312. The molecule has 14 heavy (non-hydrogen) atoms. The van der Waals surface area contributed by atoms with Crippen molar-refractivity contribution in [2.24, 2.45) is 5.73 Å². The Balaban J connectivity index is 2.23. The van der Waals surface area contributed by atoms with Crippen molar-refractivity contribution in [3.63, 3.8) is 0 Å². The monoisotopic (exact) mass is 210 g/mol. The molecule has 1 aromatic rings. The molecular weight excluding hydrogens is 196 g/mol. The van der Waals surface area contributed by atoms with E-state index in [1.165, 1.54) is 24.8 Å². The van der Waals surface area contributed by atoms with Crippen molar-refractivity contribution in [1.82, 2.24) is 4.98 Å². The number of nitrogens with zero attached hydrogens (tertiary/aromatic N) is 1. The molecule has 0 aliphatic heterocycles. The van der Waals surface area contributed by atoms with Crippen LogP contribution in [0.4, 0.5) is 0 Å². The van der Waals surface area contributed by atoms with Gasteiger partial charge in [-0.05, 0) is 42.9 Å². The number of aromatic nitrogens is 1. The Morgan fingerprint density at radius 2 is 2.21 bits per heavy atom. The van der Waals surface area contributed by atoms with Crippen LogP contribution in [0.1, 0.15) is 31.2 Å². The zero-order valence-corrected chi connectivity index (χ0v) is 8.93. The Morgan fingerprint density at radius 3 is 2.64 bits per heavy atom. The number of nitrogens with two attached hydrogens (primary N) is 1. The fraction of sp³-hybridized carbons (Fsp3) is 0.545. The molecule has 1 aliphatic carbocycles. The molecule has 76 valence electrons. The summed E-state index contributed by atoms with van der Waals surface area (Å²) in [5.74, 6) is 0. The fourth-order valence-electron chi connectivity index (χ4n) is 2.25. The van der Waals surface area contributed by atoms with Crippen LogP contribution in [0.5, 0.6) is 0 Å². The maximum Gasteiger partial charge on any atom is 0.129 e. The zero-order chi connectivity index (χ0) is 10.0. The Bertz CT molecular complexity index is 304. The van der Waals surface area contributed by atoms with Gasteiger partial charge < -0.3 is 5.73 Å². The van der Waals surface area contributed by atoms with E-state index < -0.39 is 0 Å². The van der Waals surface area contributed by atoms with Crippen LogP contribution in [-0.2, 0) is 5.41 Å². The van der Waals surface area contributed by atoms with Gasteiger partial charge in [0, 0.05) is 6.20 Å². The first kappa shape index (κ1) is 9.94. The molecule has 3 heteroatoms. The van der Waals surface area contributed by atoms with Crippen LogP contribution in [-0.4, -0.2) is 11.5 Å². The fourth-order valence-corrected chi connectivity index (χ4v) is 2.36. The van der Waals surface area contributed by atoms with Gasteiger partial charge in [0.2, 0.25) is 0 Å². The van der Waals surface area contributed by atoms with E-state index in [1.54, 1.807) is 0 Å². The smallest absolute Gasteiger partial charge is 0.129 e. The molecule has 2 N–H and O–H groups in total. The van der Waals surface area contributed by atoms with Crippen LogP contribution >= 0.6 is 11.6 Å². The van der Waals surface area contributed by atoms with Crippen molar-refractivity contribution in [3.8, 4) is 0 Å². The topological polar surface area (TPSA) is 38.9 Å². The molecule has 0 bridgehead atoms. The molecule has 0 unspecified atom stereocenters. The van der Waals surface area contributed by atoms with Crippen LogP contribution < -0.4 is 5.73 Å². The van der Waals surface area contributed by atoms with Gasteiger partial charge in [-0.25, -0.2) is 4.98 Å². The summed E-state index contributed by atoms with van der Waals surface area (Å²) in [5.41, 5.74) is 7.26. The van der Waals surface area contributed by atoms with Crippen LogP contribution in [0.2, 0.25) is 5.15 Å². The van der Waals surface area contributed by atoms with E-state index in [9.17, 15) is 0 Å². The van der Waals surface area contributed by atoms with Crippen molar-refractivity contribution in [3.05, 3.63) is 29.0 Å². The lowest BCUT2D eigenvalue weighted by Gasteiger charge is -2.42. The Labute approximate surface area is 89.5 Å². The van der Waals surface area contributed by atoms with Gasteiger partial charge >= 0.3 is 0 Å². The van der Waals surface area contributed by atoms with Crippen molar-refractivity contribution >= 4 is 11.6 Å². The summed E-state index contributed by atoms with van der Waals surface area (Å²) in [6.07, 6.45) is 6.76. The predicted octanol–water partition coefficient (Wildman–Crippen LogP) is 2.51. The number of rotatable bonds is 3. The summed E-state index contributed by atoms with van der Waals surface area (Å²) >= 11 is 5.76. The van der Waals surface area contributed by atoms with Crippen LogP contribution in [0, 0.1) is 0 Å². The summed E-state index contributed by atoms with van der Waals surface area (Å²) < 4.78 is 0. The number of hydrogen-bond donors (Lipinski definition) is 1. The lowest BCUT2D eigenvalue weighted by Crippen LogP contribution is -2.36. The zero-order valence-electron chi connectivity index (χ0n) is 8.17. The molecule has 0 spiro atoms. The average Bonchev–Trinajstić information content (AvgIpc) is 2.13. The van der Waals surface area contributed by atoms with Crippen LogP contribution in [0.3, 0.4) is 0 Å². The summed E-state index contributed by atoms with van der Waals surface area (Å²) in [6.45, 7) is 0.753. The third-order valence-corrected chi connectivity index (χ3v) is 3.50. The quantitative estimate of drug-likeness (QED) is 0.779. The lowest BCUT2D eigenvalue weighted by molar-refractivity contribution is 0.229. The third-order valence-electron chi connectivity index (χ3n) is 3.27. The molecule has 0 amide bonds. The first-order chi connectivity index (χ1) is 6.77. The van der Waals surface area contributed by atoms with Crippen molar-refractivity contribution in [2.75, 3.05) is 6.54 Å². The maximum atomic E-state index is 5.76. The van der Waals surface area contributed by atoms with Crippen molar-refractivity contribution in [2.45, 2.75) is 31.1 Å². The van der Waals surface area contributed by atoms with Gasteiger partial charge in [0.05, 0.1) is 0 Å². The molecule has 0 atom stereocenters. The first-order valence-corrected chi connectivity index (χ1v) is 5.47. The standard InChI is InChI=1S/C11H15ClN2/c12-10-3-2-9(8-14-10)11(6-7-13)4-1-5-11/h2-3,8H,1,4-7,13H2. The van der Waals surface area contributed by atoms with Crippen molar-refractivity contribution < 1.29 is 0 Å². The average molecular weight is 211 g/mol. The summed E-state index contributed by atoms with van der Waals surface area (Å²) in [5, 5.41) is 0.566. The van der Waals surface area contributed by atoms with Gasteiger partial charge in [0.15, 0.2) is 0 Å². The van der Waals surface area contributed by atoms with Gasteiger partial charge in [-0.2, -0.15) is 0 Å². The predicted molar refractivity (Wildman–Crippen MR) is 58.4 cm³/mol. The second-order valence-corrected chi connectivity index (χ2v) is 4.43. The molecule has 2 rings (SSSR count). The highest BCUT2D eigenvalue weighted by Gasteiger charge is 2.37. The first-order valence-electron chi connectivity index (χ1n) is 5.09. The molecule has 0 aromatic carbocycles. The SMILES string of the molecule is NCCC1(c2ccc(Cl)nc2)CCC1. The molecule has 1 aromatic heterocycles. The van der Waals surface area contributed by atoms with Crippen LogP contribution in [0.25, 0.3) is 0 Å². The second-order valence-electron chi connectivity index (χ2n) is 4.04. The minimum Gasteiger partial charge on any atom is -0.330 e. The highest BCUT2D eigenvalue weighted by atomic mass is 35.5. The number of halogens is 1. The van der Waals surface area contributed by atoms with E-state index in [0.29, 0.717) is 10.6 Å². The third kappa shape index (κ3) is 1.64. The van der Waals surface area contributed by atoms with E-state index in [1.807, 2.05) is 12.3 Å². The molecular formula is C11H15ClN2.